The molecule has 4 aliphatic heterocycles. The van der Waals surface area contributed by atoms with Crippen LogP contribution in [-0.4, -0.2) is 176 Å². The van der Waals surface area contributed by atoms with E-state index in [2.05, 4.69) is 140 Å². The van der Waals surface area contributed by atoms with Crippen molar-refractivity contribution < 1.29 is 48.3 Å². The van der Waals surface area contributed by atoms with Crippen molar-refractivity contribution in [3.63, 3.8) is 0 Å². The van der Waals surface area contributed by atoms with E-state index in [-0.39, 0.29) is 41.3 Å². The van der Waals surface area contributed by atoms with Crippen LogP contribution in [0.5, 0.6) is 5.75 Å². The van der Waals surface area contributed by atoms with E-state index in [1.54, 1.807) is 89.1 Å². The second-order valence-corrected chi connectivity index (χ2v) is 35.4. The van der Waals surface area contributed by atoms with Crippen LogP contribution in [0.4, 0.5) is 55.6 Å². The summed E-state index contributed by atoms with van der Waals surface area (Å²) in [4.78, 5) is 38.7. The molecule has 14 aromatic rings. The van der Waals surface area contributed by atoms with Crippen molar-refractivity contribution in [2.24, 2.45) is 31.3 Å². The number of aryl methyl sites for hydroxylation is 2. The maximum atomic E-state index is 13.3. The number of alkyl halides is 3. The summed E-state index contributed by atoms with van der Waals surface area (Å²) in [6, 6.07) is 29.5. The SMILES string of the molecule is C[C@](N)(c1ccc(F)cc1)c1cnc(N2CCCCC2)nc1.C[C@](N)(c1ccc(F)cc1)c1cnc(N2CCN(c3ccnn4cc(Br)cc34)CC2)nc1.Cn1cc(-c2cc3c(N4CCN(c5ncc([C@@](C)(N)c6ccc(F)cc6)cn5)CC4)ccnn3c2)cn1.Cn1cc(B2OC(C)(C)C(C)(C)O2)cn1.O=S(=O)(Oc1ccnn2cc(Br)cc12)C(F)(F)F. The molecule has 6 N–H and O–H groups in total. The molecule has 4 saturated heterocycles. The Hall–Kier alpha value is -11.5. The number of nitrogens with two attached hydrogens (primary N) is 3. The Bertz CT molecular complexity index is 6090. The summed E-state index contributed by atoms with van der Waals surface area (Å²) in [6.45, 7) is 22.5. The third-order valence-electron chi connectivity index (χ3n) is 22.6. The van der Waals surface area contributed by atoms with Gasteiger partial charge in [0.15, 0.2) is 5.75 Å². The van der Waals surface area contributed by atoms with Crippen LogP contribution in [0.25, 0.3) is 27.7 Å². The molecule has 39 heteroatoms. The first-order valence-electron chi connectivity index (χ1n) is 39.8. The summed E-state index contributed by atoms with van der Waals surface area (Å²) in [7, 11) is -2.19. The van der Waals surface area contributed by atoms with Gasteiger partial charge in [-0.05, 0) is 183 Å². The second-order valence-electron chi connectivity index (χ2n) is 32.0. The van der Waals surface area contributed by atoms with Crippen molar-refractivity contribution in [3.05, 3.63) is 268 Å². The molecular weight excluding hydrogens is 1750 g/mol. The summed E-state index contributed by atoms with van der Waals surface area (Å²) in [5.74, 6) is 0.840. The van der Waals surface area contributed by atoms with Crippen molar-refractivity contribution >= 4 is 100 Å². The Morgan fingerprint density at radius 2 is 0.774 bits per heavy atom. The predicted molar refractivity (Wildman–Crippen MR) is 470 cm³/mol. The molecule has 29 nitrogen and oxygen atoms in total. The fraction of sp³-hybridized carbons (Fsp3) is 0.329. The number of benzene rings is 3. The molecule has 0 radical (unpaired) electrons. The van der Waals surface area contributed by atoms with E-state index in [9.17, 15) is 34.8 Å². The average Bonchev–Trinajstić information content (AvgIpc) is 1.65. The summed E-state index contributed by atoms with van der Waals surface area (Å²) in [5, 5.41) is 21.1. The fourth-order valence-corrected chi connectivity index (χ4v) is 15.8. The van der Waals surface area contributed by atoms with Crippen molar-refractivity contribution in [2.45, 2.75) is 101 Å². The van der Waals surface area contributed by atoms with E-state index in [4.69, 9.17) is 26.5 Å². The van der Waals surface area contributed by atoms with Gasteiger partial charge in [0.05, 0.1) is 62.6 Å². The minimum atomic E-state index is -5.69. The van der Waals surface area contributed by atoms with E-state index in [0.29, 0.717) is 16.4 Å². The van der Waals surface area contributed by atoms with E-state index < -0.39 is 38.0 Å². The molecule has 3 aromatic carbocycles. The molecule has 0 bridgehead atoms. The molecule has 0 unspecified atom stereocenters. The molecule has 0 saturated carbocycles. The van der Waals surface area contributed by atoms with Gasteiger partial charge < -0.3 is 55.2 Å². The van der Waals surface area contributed by atoms with Crippen LogP contribution < -0.4 is 51.3 Å². The minimum Gasteiger partial charge on any atom is -0.399 e. The molecule has 18 rings (SSSR count). The first-order chi connectivity index (χ1) is 58.9. The van der Waals surface area contributed by atoms with E-state index in [1.807, 2.05) is 115 Å². The van der Waals surface area contributed by atoms with Crippen LogP contribution in [0.2, 0.25) is 0 Å². The van der Waals surface area contributed by atoms with Crippen LogP contribution in [-0.2, 0) is 50.1 Å². The normalized spacial score (nSPS) is 16.8. The van der Waals surface area contributed by atoms with Crippen molar-refractivity contribution in [1.29, 1.82) is 0 Å². The Morgan fingerprint density at radius 3 is 1.16 bits per heavy atom. The highest BCUT2D eigenvalue weighted by molar-refractivity contribution is 9.10. The summed E-state index contributed by atoms with van der Waals surface area (Å²) >= 11 is 6.62. The lowest BCUT2D eigenvalue weighted by Crippen LogP contribution is -2.47. The largest absolute Gasteiger partial charge is 0.534 e. The highest BCUT2D eigenvalue weighted by atomic mass is 79.9. The lowest BCUT2D eigenvalue weighted by molar-refractivity contribution is -0.0499. The molecular formula is C85H93BBr2F6N24O5S. The smallest absolute Gasteiger partial charge is 0.399 e. The summed E-state index contributed by atoms with van der Waals surface area (Å²) in [5.41, 5.74) is 23.6. The molecule has 0 amide bonds. The first kappa shape index (κ1) is 88.8. The third kappa shape index (κ3) is 20.0. The Kier molecular flexibility index (Phi) is 26.1. The third-order valence-corrected chi connectivity index (χ3v) is 24.5. The Labute approximate surface area is 729 Å². The number of halogens is 8. The van der Waals surface area contributed by atoms with Crippen LogP contribution in [0.15, 0.2) is 217 Å². The van der Waals surface area contributed by atoms with Crippen molar-refractivity contribution in [2.75, 3.05) is 89.9 Å². The van der Waals surface area contributed by atoms with Crippen LogP contribution >= 0.6 is 31.9 Å². The zero-order valence-corrected chi connectivity index (χ0v) is 73.5. The number of fused-ring (bicyclic) bond motifs is 3. The summed E-state index contributed by atoms with van der Waals surface area (Å²) in [6.07, 6.45) is 32.1. The molecule has 124 heavy (non-hydrogen) atoms. The van der Waals surface area contributed by atoms with Crippen molar-refractivity contribution in [1.82, 2.24) is 78.3 Å². The van der Waals surface area contributed by atoms with E-state index >= 15 is 0 Å². The number of hydrogen-bond acceptors (Lipinski definition) is 24. The van der Waals surface area contributed by atoms with Gasteiger partial charge in [-0.3, -0.25) is 9.36 Å². The highest BCUT2D eigenvalue weighted by Crippen LogP contribution is 2.39. The van der Waals surface area contributed by atoms with Gasteiger partial charge >= 0.3 is 22.7 Å². The zero-order valence-electron chi connectivity index (χ0n) is 69.5. The first-order valence-corrected chi connectivity index (χ1v) is 42.8. The molecule has 11 aromatic heterocycles. The maximum Gasteiger partial charge on any atom is 0.534 e. The number of nitrogens with zero attached hydrogens (tertiary/aromatic N) is 21. The van der Waals surface area contributed by atoms with Gasteiger partial charge in [-0.25, -0.2) is 56.6 Å². The molecule has 0 spiro atoms. The number of piperazine rings is 2. The monoisotopic (exact) mass is 1840 g/mol. The van der Waals surface area contributed by atoms with Crippen LogP contribution in [0, 0.1) is 17.5 Å². The quantitative estimate of drug-likeness (QED) is 0.0371. The fourth-order valence-electron chi connectivity index (χ4n) is 14.5. The molecule has 4 aliphatic rings. The van der Waals surface area contributed by atoms with Gasteiger partial charge in [0.2, 0.25) is 17.8 Å². The Balaban J connectivity index is 0.000000131. The van der Waals surface area contributed by atoms with Gasteiger partial charge in [-0.15, -0.1) is 0 Å². The van der Waals surface area contributed by atoms with Gasteiger partial charge in [0, 0.05) is 215 Å². The van der Waals surface area contributed by atoms with E-state index in [1.165, 1.54) is 78.1 Å². The topological polar surface area (TPSA) is 321 Å². The van der Waals surface area contributed by atoms with Gasteiger partial charge in [-0.2, -0.15) is 47.1 Å². The number of rotatable bonds is 15. The maximum absolute atomic E-state index is 13.3. The Morgan fingerprint density at radius 1 is 0.419 bits per heavy atom. The number of aromatic nitrogens is 16. The minimum absolute atomic E-state index is 0.0946. The number of piperidine rings is 1. The predicted octanol–water partition coefficient (Wildman–Crippen LogP) is 12.7. The second kappa shape index (κ2) is 36.4. The lowest BCUT2D eigenvalue weighted by Gasteiger charge is -2.36. The highest BCUT2D eigenvalue weighted by Gasteiger charge is 2.52. The molecule has 0 aliphatic carbocycles. The van der Waals surface area contributed by atoms with Gasteiger partial charge in [0.25, 0.3) is 0 Å². The van der Waals surface area contributed by atoms with E-state index in [0.717, 1.165) is 155 Å². The number of hydrogen-bond donors (Lipinski definition) is 3. The summed E-state index contributed by atoms with van der Waals surface area (Å²) < 4.78 is 124. The van der Waals surface area contributed by atoms with Gasteiger partial charge in [-0.1, -0.05) is 36.4 Å². The molecule has 4 fully saturated rings. The molecule has 648 valence electrons. The zero-order chi connectivity index (χ0) is 88.3. The van der Waals surface area contributed by atoms with Crippen LogP contribution in [0.3, 0.4) is 0 Å². The average molecular weight is 1850 g/mol. The van der Waals surface area contributed by atoms with Crippen molar-refractivity contribution in [3.8, 4) is 16.9 Å². The standard InChI is InChI=1S/C27H28FN9.C23H23BrFN7.C17H21FN4.C10H17BN2O2.C8H4BrF3N2O3S/c1-27(29,21-3-5-23(28)6-4-21)22-15-30-26(31-16-22)36-11-9-35(10-12-36)24-7-8-32-37-18-19(13-25(24)37)20-14-33-34(2)17-20;1-23(26,16-2-4-19(25)5-3-16)17-13-27-22(28-14-17)31-10-8-30(9-11-31)20-6-7-29-32-15-18(24)12-21(20)32;1-17(19,13-5-7-15(18)8-6-13)14-11-20-16(21-12-14)22-9-3-2-4-10-22;1-9(2)10(3,4)15-11(14-9)8-6-12-13(5)7-8;9-5-3-6-7(1-2-13-14(6)4-5)17-18(15,16)8(10,11)12/h3-8,13-18H,9-12,29H2,1-2H3;2-7,12-15H,8-11,26H2,1H3;5-8,11-12H,2-4,9-10,19H2,1H3;6-7H,1-5H3;1-4H/t27-;23-;17-;;/m000../s1. The lowest BCUT2D eigenvalue weighted by atomic mass is 9.82. The molecule has 3 atom stereocenters. The number of anilines is 5. The van der Waals surface area contributed by atoms with Crippen LogP contribution in [0.1, 0.15) is 101 Å². The van der Waals surface area contributed by atoms with Gasteiger partial charge in [0.1, 0.15) is 23.0 Å². The molecule has 15 heterocycles.